The molecule has 0 radical (unpaired) electrons. The lowest BCUT2D eigenvalue weighted by molar-refractivity contribution is 0.0708. The van der Waals surface area contributed by atoms with Gasteiger partial charge in [-0.3, -0.25) is 9.48 Å². The molecule has 9 heteroatoms. The zero-order valence-electron chi connectivity index (χ0n) is 17.9. The SMILES string of the molecule is CC(C)Cn1ncc(C(=O)N2CCC(c3nnc4n3CCNC4)CC2)c1C1CC1.Cl. The van der Waals surface area contributed by atoms with Crippen LogP contribution in [0.2, 0.25) is 0 Å². The molecule has 8 nitrogen and oxygen atoms in total. The zero-order chi connectivity index (χ0) is 20.0. The maximum atomic E-state index is 13.3. The average Bonchev–Trinajstić information content (AvgIpc) is 3.34. The summed E-state index contributed by atoms with van der Waals surface area (Å²) in [5.41, 5.74) is 2.00. The molecule has 1 N–H and O–H groups in total. The first-order chi connectivity index (χ1) is 14.1. The van der Waals surface area contributed by atoms with Crippen molar-refractivity contribution in [3.8, 4) is 0 Å². The average molecular weight is 434 g/mol. The molecule has 164 valence electrons. The number of carbonyl (C=O) groups is 1. The van der Waals surface area contributed by atoms with Crippen molar-refractivity contribution >= 4 is 18.3 Å². The summed E-state index contributed by atoms with van der Waals surface area (Å²) < 4.78 is 4.36. The molecule has 1 saturated carbocycles. The lowest BCUT2D eigenvalue weighted by Crippen LogP contribution is -2.39. The van der Waals surface area contributed by atoms with Crippen molar-refractivity contribution < 1.29 is 4.79 Å². The zero-order valence-corrected chi connectivity index (χ0v) is 18.7. The van der Waals surface area contributed by atoms with Gasteiger partial charge in [-0.15, -0.1) is 22.6 Å². The van der Waals surface area contributed by atoms with Crippen molar-refractivity contribution in [2.45, 2.75) is 71.0 Å². The van der Waals surface area contributed by atoms with Gasteiger partial charge >= 0.3 is 0 Å². The Labute approximate surface area is 183 Å². The molecule has 30 heavy (non-hydrogen) atoms. The Morgan fingerprint density at radius 1 is 1.13 bits per heavy atom. The number of nitrogens with zero attached hydrogens (tertiary/aromatic N) is 6. The number of likely N-dealkylation sites (tertiary alicyclic amines) is 1. The number of piperidine rings is 1. The topological polar surface area (TPSA) is 80.9 Å². The van der Waals surface area contributed by atoms with Gasteiger partial charge in [-0.2, -0.15) is 5.10 Å². The van der Waals surface area contributed by atoms with Crippen LogP contribution in [0.4, 0.5) is 0 Å². The molecule has 0 bridgehead atoms. The molecular formula is C21H32ClN7O. The van der Waals surface area contributed by atoms with Gasteiger partial charge in [0.1, 0.15) is 11.6 Å². The van der Waals surface area contributed by atoms with Gasteiger partial charge < -0.3 is 14.8 Å². The highest BCUT2D eigenvalue weighted by molar-refractivity contribution is 5.95. The third kappa shape index (κ3) is 3.99. The molecule has 0 spiro atoms. The van der Waals surface area contributed by atoms with Crippen LogP contribution in [-0.2, 0) is 19.6 Å². The van der Waals surface area contributed by atoms with Crippen molar-refractivity contribution in [1.29, 1.82) is 0 Å². The van der Waals surface area contributed by atoms with Crippen molar-refractivity contribution in [2.75, 3.05) is 19.6 Å². The number of rotatable bonds is 5. The summed E-state index contributed by atoms with van der Waals surface area (Å²) in [6, 6.07) is 0. The maximum Gasteiger partial charge on any atom is 0.257 e. The second-order valence-electron chi connectivity index (χ2n) is 9.16. The maximum absolute atomic E-state index is 13.3. The number of nitrogens with one attached hydrogen (secondary N) is 1. The minimum atomic E-state index is 0. The van der Waals surface area contributed by atoms with E-state index in [9.17, 15) is 4.79 Å². The van der Waals surface area contributed by atoms with Crippen LogP contribution in [-0.4, -0.2) is 55.0 Å². The molecule has 4 heterocycles. The highest BCUT2D eigenvalue weighted by Gasteiger charge is 2.35. The van der Waals surface area contributed by atoms with Gasteiger partial charge in [-0.05, 0) is 31.6 Å². The predicted molar refractivity (Wildman–Crippen MR) is 116 cm³/mol. The fraction of sp³-hybridized carbons (Fsp3) is 0.714. The van der Waals surface area contributed by atoms with Crippen molar-refractivity contribution in [2.24, 2.45) is 5.92 Å². The van der Waals surface area contributed by atoms with Crippen molar-refractivity contribution in [3.63, 3.8) is 0 Å². The lowest BCUT2D eigenvalue weighted by atomic mass is 9.95. The van der Waals surface area contributed by atoms with Crippen molar-refractivity contribution in [3.05, 3.63) is 29.1 Å². The van der Waals surface area contributed by atoms with Gasteiger partial charge in [0, 0.05) is 44.6 Å². The highest BCUT2D eigenvalue weighted by atomic mass is 35.5. The van der Waals surface area contributed by atoms with Gasteiger partial charge in [-0.25, -0.2) is 0 Å². The molecule has 5 rings (SSSR count). The second kappa shape index (κ2) is 8.67. The van der Waals surface area contributed by atoms with E-state index in [1.807, 2.05) is 11.1 Å². The van der Waals surface area contributed by atoms with Gasteiger partial charge in [0.2, 0.25) is 0 Å². The van der Waals surface area contributed by atoms with E-state index in [0.717, 1.165) is 69.3 Å². The summed E-state index contributed by atoms with van der Waals surface area (Å²) in [4.78, 5) is 15.3. The number of carbonyl (C=O) groups excluding carboxylic acids is 1. The standard InChI is InChI=1S/C21H31N7O.ClH/c1-14(2)13-28-19(15-3-4-15)17(11-23-28)21(29)26-8-5-16(6-9-26)20-25-24-18-12-22-7-10-27(18)20;/h11,14-16,22H,3-10,12-13H2,1-2H3;1H. The first-order valence-corrected chi connectivity index (χ1v) is 11.1. The Balaban J connectivity index is 0.00000218. The summed E-state index contributed by atoms with van der Waals surface area (Å²) >= 11 is 0. The number of fused-ring (bicyclic) bond motifs is 1. The van der Waals surface area contributed by atoms with Crippen LogP contribution in [0.25, 0.3) is 0 Å². The summed E-state index contributed by atoms with van der Waals surface area (Å²) in [5, 5.41) is 16.8. The summed E-state index contributed by atoms with van der Waals surface area (Å²) in [5.74, 6) is 3.74. The Morgan fingerprint density at radius 3 is 2.60 bits per heavy atom. The molecule has 0 unspecified atom stereocenters. The fourth-order valence-electron chi connectivity index (χ4n) is 4.77. The number of halogens is 1. The Kier molecular flexibility index (Phi) is 6.16. The number of aromatic nitrogens is 5. The van der Waals surface area contributed by atoms with E-state index < -0.39 is 0 Å². The Bertz CT molecular complexity index is 893. The van der Waals surface area contributed by atoms with Gasteiger partial charge in [0.05, 0.1) is 24.0 Å². The van der Waals surface area contributed by atoms with E-state index >= 15 is 0 Å². The normalized spacial score (nSPS) is 19.6. The second-order valence-corrected chi connectivity index (χ2v) is 9.16. The molecule has 2 fully saturated rings. The van der Waals surface area contributed by atoms with Crippen molar-refractivity contribution in [1.82, 2.24) is 34.8 Å². The first kappa shape index (κ1) is 21.3. The van der Waals surface area contributed by atoms with Gasteiger partial charge in [0.25, 0.3) is 5.91 Å². The van der Waals surface area contributed by atoms with Crippen LogP contribution in [0.3, 0.4) is 0 Å². The molecule has 1 amide bonds. The minimum Gasteiger partial charge on any atom is -0.338 e. The van der Waals surface area contributed by atoms with E-state index in [-0.39, 0.29) is 18.3 Å². The highest BCUT2D eigenvalue weighted by Crippen LogP contribution is 2.42. The molecule has 2 aliphatic heterocycles. The third-order valence-electron chi connectivity index (χ3n) is 6.41. The number of amides is 1. The summed E-state index contributed by atoms with van der Waals surface area (Å²) in [6.45, 7) is 9.56. The molecule has 2 aromatic heterocycles. The molecule has 2 aromatic rings. The molecular weight excluding hydrogens is 402 g/mol. The quantitative estimate of drug-likeness (QED) is 0.783. The summed E-state index contributed by atoms with van der Waals surface area (Å²) in [6.07, 6.45) is 6.08. The molecule has 1 saturated heterocycles. The van der Waals surface area contributed by atoms with Crippen LogP contribution in [0, 0.1) is 5.92 Å². The molecule has 0 aromatic carbocycles. The van der Waals surface area contributed by atoms with E-state index in [2.05, 4.69) is 43.7 Å². The van der Waals surface area contributed by atoms with E-state index in [4.69, 9.17) is 0 Å². The van der Waals surface area contributed by atoms with Gasteiger partial charge in [0.15, 0.2) is 0 Å². The van der Waals surface area contributed by atoms with Crippen LogP contribution in [0.5, 0.6) is 0 Å². The van der Waals surface area contributed by atoms with Crippen LogP contribution in [0.1, 0.15) is 79.1 Å². The Morgan fingerprint density at radius 2 is 1.90 bits per heavy atom. The monoisotopic (exact) mass is 433 g/mol. The lowest BCUT2D eigenvalue weighted by Gasteiger charge is -2.32. The van der Waals surface area contributed by atoms with Gasteiger partial charge in [-0.1, -0.05) is 13.8 Å². The van der Waals surface area contributed by atoms with E-state index in [1.54, 1.807) is 0 Å². The minimum absolute atomic E-state index is 0. The fourth-order valence-corrected chi connectivity index (χ4v) is 4.77. The third-order valence-corrected chi connectivity index (χ3v) is 6.41. The van der Waals surface area contributed by atoms with E-state index in [0.29, 0.717) is 17.8 Å². The summed E-state index contributed by atoms with van der Waals surface area (Å²) in [7, 11) is 0. The van der Waals surface area contributed by atoms with E-state index in [1.165, 1.54) is 18.5 Å². The molecule has 3 aliphatic rings. The van der Waals surface area contributed by atoms with Crippen LogP contribution >= 0.6 is 12.4 Å². The van der Waals surface area contributed by atoms with Crippen LogP contribution < -0.4 is 5.32 Å². The Hall–Kier alpha value is -1.93. The van der Waals surface area contributed by atoms with Crippen LogP contribution in [0.15, 0.2) is 6.20 Å². The smallest absolute Gasteiger partial charge is 0.257 e. The first-order valence-electron chi connectivity index (χ1n) is 11.1. The number of hydrogen-bond acceptors (Lipinski definition) is 5. The number of hydrogen-bond donors (Lipinski definition) is 1. The predicted octanol–water partition coefficient (Wildman–Crippen LogP) is 2.55. The molecule has 0 atom stereocenters. The molecule has 1 aliphatic carbocycles. The largest absolute Gasteiger partial charge is 0.338 e.